The summed E-state index contributed by atoms with van der Waals surface area (Å²) in [5, 5.41) is 76.1. The van der Waals surface area contributed by atoms with Crippen LogP contribution in [0, 0.1) is 0 Å². The maximum atomic E-state index is 15.4. The molecule has 1 aliphatic heterocycles. The number of aliphatic hydroxyl groups excluding tert-OH is 3. The lowest BCUT2D eigenvalue weighted by Gasteiger charge is -2.29. The van der Waals surface area contributed by atoms with Crippen molar-refractivity contribution in [2.75, 3.05) is 37.7 Å². The molecule has 0 aliphatic carbocycles. The van der Waals surface area contributed by atoms with Gasteiger partial charge in [0, 0.05) is 54.3 Å². The third-order valence-electron chi connectivity index (χ3n) is 18.3. The molecule has 26 N–H and O–H groups in total. The molecule has 4 aromatic carbocycles. The summed E-state index contributed by atoms with van der Waals surface area (Å²) in [6.45, 7) is 1.88. The molecule has 1 fully saturated rings. The van der Waals surface area contributed by atoms with E-state index in [1.165, 1.54) is 6.92 Å². The van der Waals surface area contributed by atoms with E-state index in [0.29, 0.717) is 39.6 Å². The van der Waals surface area contributed by atoms with Gasteiger partial charge in [0.15, 0.2) is 0 Å². The molecule has 14 amide bonds. The molecular formula is C76H104N18O19S2. The average molecular weight is 1640 g/mol. The number of hydrogen-bond acceptors (Lipinski definition) is 23. The summed E-state index contributed by atoms with van der Waals surface area (Å²) in [6, 6.07) is 9.57. The first-order chi connectivity index (χ1) is 54.9. The first kappa shape index (κ1) is 92.8. The minimum atomic E-state index is -1.99. The number of nitrogens with one attached hydrogen (secondary N) is 14. The predicted molar refractivity (Wildman–Crippen MR) is 425 cm³/mol. The summed E-state index contributed by atoms with van der Waals surface area (Å²) < 4.78 is 0. The zero-order chi connectivity index (χ0) is 84.3. The number of para-hydroxylation sites is 1. The van der Waals surface area contributed by atoms with Gasteiger partial charge >= 0.3 is 5.97 Å². The molecule has 0 spiro atoms. The lowest BCUT2D eigenvalue weighted by Crippen LogP contribution is -2.63. The number of rotatable bonds is 26. The zero-order valence-electron chi connectivity index (χ0n) is 63.8. The largest absolute Gasteiger partial charge is 0.480 e. The van der Waals surface area contributed by atoms with Crippen LogP contribution in [-0.2, 0) is 97.6 Å². The summed E-state index contributed by atoms with van der Waals surface area (Å²) in [5.74, 6) is -17.7. The van der Waals surface area contributed by atoms with Crippen LogP contribution in [0.2, 0.25) is 0 Å². The number of aromatic nitrogens is 1. The summed E-state index contributed by atoms with van der Waals surface area (Å²) in [4.78, 5) is 217. The molecule has 2 unspecified atom stereocenters. The van der Waals surface area contributed by atoms with Gasteiger partial charge in [0.1, 0.15) is 72.5 Å². The number of unbranched alkanes of at least 4 members (excludes halogenated alkanes) is 2. The van der Waals surface area contributed by atoms with Crippen LogP contribution >= 0.6 is 21.6 Å². The topological polar surface area (TPSA) is 613 Å². The second kappa shape index (κ2) is 47.6. The maximum absolute atomic E-state index is 15.4. The van der Waals surface area contributed by atoms with Gasteiger partial charge in [-0.05, 0) is 101 Å². The van der Waals surface area contributed by atoms with Gasteiger partial charge in [-0.25, -0.2) is 4.79 Å². The molecule has 39 heteroatoms. The molecule has 624 valence electrons. The quantitative estimate of drug-likeness (QED) is 0.0182. The summed E-state index contributed by atoms with van der Waals surface area (Å²) >= 11 is 0. The summed E-state index contributed by atoms with van der Waals surface area (Å²) in [5.41, 5.74) is 25.6. The Balaban J connectivity index is 1.47. The fourth-order valence-electron chi connectivity index (χ4n) is 11.9. The molecule has 1 aromatic heterocycles. The number of hydrogen-bond donors (Lipinski definition) is 22. The fourth-order valence-corrected chi connectivity index (χ4v) is 14.3. The van der Waals surface area contributed by atoms with E-state index in [9.17, 15) is 78.0 Å². The highest BCUT2D eigenvalue weighted by molar-refractivity contribution is 8.76. The van der Waals surface area contributed by atoms with Crippen LogP contribution in [-0.4, -0.2) is 243 Å². The molecule has 0 saturated carbocycles. The number of aliphatic hydroxyl groups is 3. The molecule has 37 nitrogen and oxygen atoms in total. The Hall–Kier alpha value is -11.1. The van der Waals surface area contributed by atoms with Gasteiger partial charge in [0.05, 0.1) is 37.8 Å². The Labute approximate surface area is 670 Å². The van der Waals surface area contributed by atoms with E-state index in [0.717, 1.165) is 35.4 Å². The van der Waals surface area contributed by atoms with E-state index < -0.39 is 210 Å². The Bertz CT molecular complexity index is 4130. The van der Waals surface area contributed by atoms with Gasteiger partial charge in [-0.3, -0.25) is 67.1 Å². The molecule has 0 radical (unpaired) electrons. The average Bonchev–Trinajstić information content (AvgIpc) is 1.71. The van der Waals surface area contributed by atoms with Gasteiger partial charge in [-0.15, -0.1) is 0 Å². The molecule has 1 saturated heterocycles. The van der Waals surface area contributed by atoms with Crippen LogP contribution in [0.1, 0.15) is 88.0 Å². The Kier molecular flexibility index (Phi) is 38.4. The van der Waals surface area contributed by atoms with E-state index in [2.05, 4.69) is 74.1 Å². The second-order valence-corrected chi connectivity index (χ2v) is 30.1. The number of benzene rings is 4. The number of carbonyl (C=O) groups excluding carboxylic acids is 14. The molecule has 0 bridgehead atoms. The van der Waals surface area contributed by atoms with Crippen molar-refractivity contribution < 1.29 is 92.3 Å². The van der Waals surface area contributed by atoms with E-state index >= 15 is 14.4 Å². The Morgan fingerprint density at radius 1 is 0.470 bits per heavy atom. The van der Waals surface area contributed by atoms with Crippen molar-refractivity contribution in [2.45, 2.75) is 182 Å². The van der Waals surface area contributed by atoms with E-state index in [4.69, 9.17) is 22.9 Å². The molecule has 6 rings (SSSR count). The van der Waals surface area contributed by atoms with Crippen molar-refractivity contribution in [1.82, 2.24) is 74.1 Å². The number of H-pyrrole nitrogens is 1. The van der Waals surface area contributed by atoms with Crippen molar-refractivity contribution in [3.05, 3.63) is 144 Å². The number of amides is 14. The lowest BCUT2D eigenvalue weighted by molar-refractivity contribution is -0.142. The summed E-state index contributed by atoms with van der Waals surface area (Å²) in [6.07, 6.45) is -3.48. The molecule has 15 atom stereocenters. The van der Waals surface area contributed by atoms with Gasteiger partial charge in [0.2, 0.25) is 82.7 Å². The third kappa shape index (κ3) is 30.7. The van der Waals surface area contributed by atoms with E-state index in [1.807, 2.05) is 0 Å². The van der Waals surface area contributed by atoms with Crippen molar-refractivity contribution in [2.24, 2.45) is 22.9 Å². The van der Waals surface area contributed by atoms with Crippen LogP contribution in [0.25, 0.3) is 10.9 Å². The first-order valence-electron chi connectivity index (χ1n) is 37.4. The Morgan fingerprint density at radius 3 is 1.30 bits per heavy atom. The van der Waals surface area contributed by atoms with Crippen molar-refractivity contribution in [1.29, 1.82) is 0 Å². The van der Waals surface area contributed by atoms with Gasteiger partial charge in [-0.2, -0.15) is 0 Å². The lowest BCUT2D eigenvalue weighted by atomic mass is 10.00. The molecule has 2 heterocycles. The van der Waals surface area contributed by atoms with Crippen LogP contribution < -0.4 is 92.1 Å². The van der Waals surface area contributed by atoms with Crippen LogP contribution in [0.5, 0.6) is 0 Å². The van der Waals surface area contributed by atoms with Crippen LogP contribution in [0.3, 0.4) is 0 Å². The molecular weight excluding hydrogens is 1530 g/mol. The van der Waals surface area contributed by atoms with Gasteiger partial charge in [0.25, 0.3) is 0 Å². The standard InChI is InChI=1S/C76H104N18O19S2/c1-41(79)64(100)82-37-61(99)83-58-39-114-115-40-59(76(112)113)92-72(108)57(38-95)91-75(111)63(43(3)97)94-71(107)54(33-46-23-11-6-12-24-46)90-74(110)62(42(2)96)93-66(102)51(28-16-18-30-78)84-69(105)55(34-47-36-81-49-26-14-13-25-48(47)49)88-68(104)53(32-45-21-9-5-10-22-45)86-67(103)52(31-44-19-7-4-8-20-44)87-70(106)56(35-60(80)98)89-65(101)50(85-73(58)109)27-15-17-29-77/h4-14,19-26,36,41-43,50-59,62-63,81,95-97H,15-18,27-35,37-40,77-79H2,1-3H3,(H2,80,98)(H,82,100)(H,83,99)(H,84,105)(H,85,109)(H,86,103)(H,87,106)(H,88,104)(H,89,101)(H,90,110)(H,91,111)(H,92,108)(H,93,102)(H,94,107)(H,112,113)/t41-,42+,43+,50?,51-,52-,53-,54-,55?,56-,57-,58-,59-,62-,63-/m0/s1. The minimum Gasteiger partial charge on any atom is -0.480 e. The van der Waals surface area contributed by atoms with Gasteiger partial charge in [-0.1, -0.05) is 131 Å². The van der Waals surface area contributed by atoms with Crippen LogP contribution in [0.15, 0.2) is 121 Å². The number of aliphatic carboxylic acids is 1. The van der Waals surface area contributed by atoms with E-state index in [1.54, 1.807) is 121 Å². The van der Waals surface area contributed by atoms with Gasteiger partial charge < -0.3 is 117 Å². The summed E-state index contributed by atoms with van der Waals surface area (Å²) in [7, 11) is 1.49. The highest BCUT2D eigenvalue weighted by Crippen LogP contribution is 2.25. The highest BCUT2D eigenvalue weighted by Gasteiger charge is 2.40. The monoisotopic (exact) mass is 1640 g/mol. The number of carbonyl (C=O) groups is 15. The number of carboxylic acids is 1. The molecule has 5 aromatic rings. The second-order valence-electron chi connectivity index (χ2n) is 27.6. The van der Waals surface area contributed by atoms with Crippen LogP contribution in [0.4, 0.5) is 0 Å². The van der Waals surface area contributed by atoms with Crippen molar-refractivity contribution in [3.8, 4) is 0 Å². The third-order valence-corrected chi connectivity index (χ3v) is 20.7. The van der Waals surface area contributed by atoms with Crippen molar-refractivity contribution in [3.63, 3.8) is 0 Å². The van der Waals surface area contributed by atoms with E-state index in [-0.39, 0.29) is 70.9 Å². The zero-order valence-corrected chi connectivity index (χ0v) is 65.4. The molecule has 1 aliphatic rings. The number of aromatic amines is 1. The Morgan fingerprint density at radius 2 is 0.852 bits per heavy atom. The molecule has 115 heavy (non-hydrogen) atoms. The number of nitrogens with two attached hydrogens (primary N) is 4. The highest BCUT2D eigenvalue weighted by atomic mass is 33.1. The minimum absolute atomic E-state index is 0.104. The predicted octanol–water partition coefficient (Wildman–Crippen LogP) is -4.91. The smallest absolute Gasteiger partial charge is 0.327 e. The fraction of sp³-hybridized carbons (Fsp3) is 0.461. The number of primary amides is 1. The normalized spacial score (nSPS) is 23.7. The number of fused-ring (bicyclic) bond motifs is 1. The SMILES string of the molecule is C[C@H](N)C(=O)NCC(=O)N[C@H]1CSSC[C@@H](C(=O)O)NC(=O)[C@H](CO)NC(=O)[C@H]([C@@H](C)O)NC(=O)[C@H](Cc2ccccc2)NC(=O)[C@H]([C@@H](C)O)NC(=O)[C@H](CCCCN)NC(=O)C(Cc2c[nH]c3ccccc23)NC(=O)[C@H](Cc2ccccc2)NC(=O)[C@H](Cc2ccccc2)NC(=O)[C@H](CC(N)=O)NC(=O)C(CCCCN)NC1=O. The maximum Gasteiger partial charge on any atom is 0.327 e. The van der Waals surface area contributed by atoms with Crippen molar-refractivity contribution >= 4 is 121 Å². The first-order valence-corrected chi connectivity index (χ1v) is 39.8. The number of carboxylic acid groups (broad SMARTS) is 1.